The number of hydrogen-bond donors (Lipinski definition) is 3. The van der Waals surface area contributed by atoms with Crippen molar-refractivity contribution in [2.24, 2.45) is 0 Å². The van der Waals surface area contributed by atoms with Crippen LogP contribution in [0.25, 0.3) is 0 Å². The van der Waals surface area contributed by atoms with Crippen molar-refractivity contribution in [3.05, 3.63) is 65.2 Å². The Morgan fingerprint density at radius 3 is 2.29 bits per heavy atom. The van der Waals surface area contributed by atoms with E-state index in [-0.39, 0.29) is 24.9 Å². The van der Waals surface area contributed by atoms with Gasteiger partial charge in [-0.05, 0) is 42.2 Å². The van der Waals surface area contributed by atoms with Crippen molar-refractivity contribution in [3.8, 4) is 0 Å². The molecule has 1 fully saturated rings. The van der Waals surface area contributed by atoms with Gasteiger partial charge in [0.1, 0.15) is 0 Å². The summed E-state index contributed by atoms with van der Waals surface area (Å²) in [6, 6.07) is 12.3. The Morgan fingerprint density at radius 2 is 1.68 bits per heavy atom. The van der Waals surface area contributed by atoms with Crippen LogP contribution in [0.4, 0.5) is 23.7 Å². The molecule has 2 aromatic rings. The number of amides is 2. The van der Waals surface area contributed by atoms with E-state index in [0.29, 0.717) is 18.7 Å². The zero-order valence-corrected chi connectivity index (χ0v) is 16.8. The van der Waals surface area contributed by atoms with E-state index >= 15 is 0 Å². The second-order valence-corrected chi connectivity index (χ2v) is 7.49. The molecule has 3 N–H and O–H groups in total. The number of benzene rings is 2. The van der Waals surface area contributed by atoms with Gasteiger partial charge in [0, 0.05) is 31.4 Å². The molecule has 0 spiro atoms. The van der Waals surface area contributed by atoms with Crippen LogP contribution in [-0.2, 0) is 23.9 Å². The zero-order valence-electron chi connectivity index (χ0n) is 16.8. The number of hydrogen-bond acceptors (Lipinski definition) is 3. The number of nitrogens with one attached hydrogen (secondary N) is 2. The third-order valence-electron chi connectivity index (χ3n) is 5.29. The van der Waals surface area contributed by atoms with Gasteiger partial charge in [-0.15, -0.1) is 0 Å². The first-order chi connectivity index (χ1) is 14.7. The molecule has 1 saturated heterocycles. The van der Waals surface area contributed by atoms with E-state index in [4.69, 9.17) is 5.11 Å². The van der Waals surface area contributed by atoms with E-state index in [1.165, 1.54) is 12.1 Å². The quantitative estimate of drug-likeness (QED) is 0.638. The molecule has 0 bridgehead atoms. The molecular weight excluding hydrogens is 411 g/mol. The Labute approximate surface area is 178 Å². The average Bonchev–Trinajstić information content (AvgIpc) is 2.73. The molecule has 2 aromatic carbocycles. The molecular formula is C22H24F3N3O3. The van der Waals surface area contributed by atoms with Crippen molar-refractivity contribution in [1.29, 1.82) is 0 Å². The number of nitrogens with zero attached hydrogens (tertiary/aromatic N) is 1. The van der Waals surface area contributed by atoms with Gasteiger partial charge in [-0.25, -0.2) is 4.79 Å². The average molecular weight is 435 g/mol. The smallest absolute Gasteiger partial charge is 0.416 e. The maximum atomic E-state index is 12.7. The number of carbonyl (C=O) groups is 2. The van der Waals surface area contributed by atoms with Gasteiger partial charge < -0.3 is 20.6 Å². The van der Waals surface area contributed by atoms with Gasteiger partial charge >= 0.3 is 12.3 Å². The van der Waals surface area contributed by atoms with Crippen molar-refractivity contribution >= 4 is 17.7 Å². The predicted octanol–water partition coefficient (Wildman–Crippen LogP) is 4.12. The van der Waals surface area contributed by atoms with E-state index in [1.807, 2.05) is 24.3 Å². The molecule has 0 radical (unpaired) electrons. The molecule has 0 atom stereocenters. The number of piperidine rings is 1. The van der Waals surface area contributed by atoms with Crippen LogP contribution >= 0.6 is 0 Å². The van der Waals surface area contributed by atoms with Crippen LogP contribution in [0.3, 0.4) is 0 Å². The molecule has 1 heterocycles. The van der Waals surface area contributed by atoms with Crippen molar-refractivity contribution in [2.75, 3.05) is 18.4 Å². The van der Waals surface area contributed by atoms with Crippen molar-refractivity contribution < 1.29 is 27.9 Å². The summed E-state index contributed by atoms with van der Waals surface area (Å²) in [6.07, 6.45) is -3.96. The molecule has 3 rings (SSSR count). The number of carboxylic acid groups (broad SMARTS) is 1. The van der Waals surface area contributed by atoms with E-state index in [2.05, 4.69) is 10.6 Å². The maximum absolute atomic E-state index is 12.7. The standard InChI is InChI=1S/C22H24F3N3O3/c23-22(24,25)17-7-5-15(6-8-17)13-20(29)28-11-9-18(10-12-28)27-19-4-2-1-3-16(19)14-26-21(30)31/h1-8,18,26-27H,9-14H2,(H,30,31). The Balaban J connectivity index is 1.50. The van der Waals surface area contributed by atoms with Crippen LogP contribution < -0.4 is 10.6 Å². The van der Waals surface area contributed by atoms with Crippen molar-refractivity contribution in [1.82, 2.24) is 10.2 Å². The highest BCUT2D eigenvalue weighted by Crippen LogP contribution is 2.29. The Bertz CT molecular complexity index is 908. The lowest BCUT2D eigenvalue weighted by Gasteiger charge is -2.33. The second kappa shape index (κ2) is 9.72. The monoisotopic (exact) mass is 435 g/mol. The summed E-state index contributed by atoms with van der Waals surface area (Å²) in [7, 11) is 0. The van der Waals surface area contributed by atoms with E-state index in [9.17, 15) is 22.8 Å². The molecule has 9 heteroatoms. The van der Waals surface area contributed by atoms with Crippen LogP contribution in [0, 0.1) is 0 Å². The summed E-state index contributed by atoms with van der Waals surface area (Å²) < 4.78 is 38.0. The third-order valence-corrected chi connectivity index (χ3v) is 5.29. The molecule has 0 unspecified atom stereocenters. The summed E-state index contributed by atoms with van der Waals surface area (Å²) in [5.74, 6) is -0.107. The minimum Gasteiger partial charge on any atom is -0.465 e. The lowest BCUT2D eigenvalue weighted by molar-refractivity contribution is -0.137. The molecule has 1 aliphatic rings. The summed E-state index contributed by atoms with van der Waals surface area (Å²) in [6.45, 7) is 1.29. The number of rotatable bonds is 6. The largest absolute Gasteiger partial charge is 0.465 e. The normalized spacial score (nSPS) is 14.9. The van der Waals surface area contributed by atoms with Crippen LogP contribution in [0.5, 0.6) is 0 Å². The lowest BCUT2D eigenvalue weighted by Crippen LogP contribution is -2.43. The molecule has 0 saturated carbocycles. The summed E-state index contributed by atoms with van der Waals surface area (Å²) in [5, 5.41) is 14.6. The summed E-state index contributed by atoms with van der Waals surface area (Å²) in [4.78, 5) is 25.0. The van der Waals surface area contributed by atoms with Crippen molar-refractivity contribution in [3.63, 3.8) is 0 Å². The summed E-state index contributed by atoms with van der Waals surface area (Å²) >= 11 is 0. The molecule has 1 aliphatic heterocycles. The zero-order chi connectivity index (χ0) is 22.4. The van der Waals surface area contributed by atoms with Crippen LogP contribution in [0.1, 0.15) is 29.5 Å². The second-order valence-electron chi connectivity index (χ2n) is 7.49. The Morgan fingerprint density at radius 1 is 1.03 bits per heavy atom. The highest BCUT2D eigenvalue weighted by Gasteiger charge is 2.30. The van der Waals surface area contributed by atoms with E-state index in [0.717, 1.165) is 36.2 Å². The minimum absolute atomic E-state index is 0.0694. The van der Waals surface area contributed by atoms with Gasteiger partial charge in [0.2, 0.25) is 5.91 Å². The summed E-state index contributed by atoms with van der Waals surface area (Å²) in [5.41, 5.74) is 1.52. The van der Waals surface area contributed by atoms with Gasteiger partial charge in [-0.1, -0.05) is 30.3 Å². The number of anilines is 1. The molecule has 2 amide bonds. The van der Waals surface area contributed by atoms with Crippen LogP contribution in [0.15, 0.2) is 48.5 Å². The van der Waals surface area contributed by atoms with Gasteiger partial charge in [-0.2, -0.15) is 13.2 Å². The van der Waals surface area contributed by atoms with E-state index in [1.54, 1.807) is 4.90 Å². The van der Waals surface area contributed by atoms with Crippen molar-refractivity contribution in [2.45, 2.75) is 38.0 Å². The molecule has 166 valence electrons. The van der Waals surface area contributed by atoms with Gasteiger partial charge in [0.15, 0.2) is 0 Å². The molecule has 0 aromatic heterocycles. The topological polar surface area (TPSA) is 81.7 Å². The fraction of sp³-hybridized carbons (Fsp3) is 0.364. The fourth-order valence-corrected chi connectivity index (χ4v) is 3.58. The fourth-order valence-electron chi connectivity index (χ4n) is 3.58. The minimum atomic E-state index is -4.39. The van der Waals surface area contributed by atoms with Gasteiger partial charge in [0.25, 0.3) is 0 Å². The first-order valence-corrected chi connectivity index (χ1v) is 9.97. The number of halogens is 3. The highest BCUT2D eigenvalue weighted by molar-refractivity contribution is 5.79. The maximum Gasteiger partial charge on any atom is 0.416 e. The SMILES string of the molecule is O=C(O)NCc1ccccc1NC1CCN(C(=O)Cc2ccc(C(F)(F)F)cc2)CC1. The Hall–Kier alpha value is -3.23. The van der Waals surface area contributed by atoms with Gasteiger partial charge in [0.05, 0.1) is 12.0 Å². The first kappa shape index (κ1) is 22.5. The number of likely N-dealkylation sites (tertiary alicyclic amines) is 1. The third kappa shape index (κ3) is 6.37. The number of carbonyl (C=O) groups excluding carboxylic acids is 1. The lowest BCUT2D eigenvalue weighted by atomic mass is 10.0. The Kier molecular flexibility index (Phi) is 7.04. The van der Waals surface area contributed by atoms with Gasteiger partial charge in [-0.3, -0.25) is 4.79 Å². The number of alkyl halides is 3. The highest BCUT2D eigenvalue weighted by atomic mass is 19.4. The molecule has 0 aliphatic carbocycles. The molecule has 6 nitrogen and oxygen atoms in total. The van der Waals surface area contributed by atoms with Crippen LogP contribution in [-0.4, -0.2) is 41.1 Å². The van der Waals surface area contributed by atoms with E-state index < -0.39 is 17.8 Å². The first-order valence-electron chi connectivity index (χ1n) is 9.97. The molecule has 31 heavy (non-hydrogen) atoms. The number of para-hydroxylation sites is 1. The predicted molar refractivity (Wildman–Crippen MR) is 110 cm³/mol. The van der Waals surface area contributed by atoms with Crippen LogP contribution in [0.2, 0.25) is 0 Å².